The van der Waals surface area contributed by atoms with Gasteiger partial charge in [-0.3, -0.25) is 0 Å². The molecule has 0 saturated carbocycles. The molecule has 16 heavy (non-hydrogen) atoms. The van der Waals surface area contributed by atoms with E-state index in [1.807, 2.05) is 0 Å². The monoisotopic (exact) mass is 221 g/mol. The maximum atomic E-state index is 6.05. The van der Waals surface area contributed by atoms with Crippen molar-refractivity contribution >= 4 is 0 Å². The number of nitrogens with two attached hydrogens (primary N) is 1. The second kappa shape index (κ2) is 7.42. The van der Waals surface area contributed by atoms with Crippen LogP contribution in [0.4, 0.5) is 0 Å². The predicted octanol–water partition coefficient (Wildman–Crippen LogP) is 2.68. The van der Waals surface area contributed by atoms with Crippen LogP contribution in [0.5, 0.6) is 0 Å². The van der Waals surface area contributed by atoms with Crippen LogP contribution in [-0.2, 0) is 11.2 Å². The highest BCUT2D eigenvalue weighted by Gasteiger charge is 2.03. The zero-order chi connectivity index (χ0) is 11.8. The van der Waals surface area contributed by atoms with Crippen LogP contribution in [0.25, 0.3) is 0 Å². The summed E-state index contributed by atoms with van der Waals surface area (Å²) in [5, 5.41) is 0. The fraction of sp³-hybridized carbons (Fsp3) is 0.571. The lowest BCUT2D eigenvalue weighted by atomic mass is 10.0. The summed E-state index contributed by atoms with van der Waals surface area (Å²) in [5.41, 5.74) is 8.65. The van der Waals surface area contributed by atoms with E-state index in [9.17, 15) is 0 Å². The van der Waals surface area contributed by atoms with Crippen molar-refractivity contribution in [1.29, 1.82) is 0 Å². The number of hydrogen-bond donors (Lipinski definition) is 1. The molecular formula is C14H23NO. The van der Waals surface area contributed by atoms with Gasteiger partial charge in [-0.15, -0.1) is 0 Å². The van der Waals surface area contributed by atoms with Crippen LogP contribution in [0.1, 0.15) is 30.9 Å². The lowest BCUT2D eigenvalue weighted by Gasteiger charge is -2.11. The van der Waals surface area contributed by atoms with Crippen LogP contribution in [0.15, 0.2) is 24.3 Å². The van der Waals surface area contributed by atoms with E-state index in [1.54, 1.807) is 0 Å². The molecule has 0 radical (unpaired) electrons. The van der Waals surface area contributed by atoms with Gasteiger partial charge in [-0.2, -0.15) is 0 Å². The van der Waals surface area contributed by atoms with Gasteiger partial charge in [-0.05, 0) is 31.7 Å². The molecule has 0 saturated heterocycles. The van der Waals surface area contributed by atoms with Gasteiger partial charge >= 0.3 is 0 Å². The smallest absolute Gasteiger partial charge is 0.0480 e. The maximum Gasteiger partial charge on any atom is 0.0480 e. The summed E-state index contributed by atoms with van der Waals surface area (Å²) in [6.45, 7) is 5.84. The number of ether oxygens (including phenoxy) is 1. The van der Waals surface area contributed by atoms with Crippen molar-refractivity contribution in [3.63, 3.8) is 0 Å². The highest BCUT2D eigenvalue weighted by atomic mass is 16.5. The summed E-state index contributed by atoms with van der Waals surface area (Å²) in [4.78, 5) is 0. The van der Waals surface area contributed by atoms with Gasteiger partial charge in [0.05, 0.1) is 0 Å². The third-order valence-electron chi connectivity index (χ3n) is 2.60. The molecular weight excluding hydrogens is 198 g/mol. The normalized spacial score (nSPS) is 12.7. The second-order valence-electron chi connectivity index (χ2n) is 4.35. The number of rotatable bonds is 7. The van der Waals surface area contributed by atoms with Gasteiger partial charge in [0.25, 0.3) is 0 Å². The van der Waals surface area contributed by atoms with Crippen molar-refractivity contribution in [3.8, 4) is 0 Å². The van der Waals surface area contributed by atoms with Gasteiger partial charge in [0.2, 0.25) is 0 Å². The highest BCUT2D eigenvalue weighted by molar-refractivity contribution is 5.21. The summed E-state index contributed by atoms with van der Waals surface area (Å²) in [6.07, 6.45) is 2.96. The van der Waals surface area contributed by atoms with E-state index < -0.39 is 0 Å². The van der Waals surface area contributed by atoms with Gasteiger partial charge in [-0.1, -0.05) is 36.8 Å². The average molecular weight is 221 g/mol. The van der Waals surface area contributed by atoms with Gasteiger partial charge in [0, 0.05) is 19.3 Å². The molecule has 0 heterocycles. The Balaban J connectivity index is 2.23. The Labute approximate surface area is 98.8 Å². The zero-order valence-corrected chi connectivity index (χ0v) is 10.4. The Morgan fingerprint density at radius 3 is 2.50 bits per heavy atom. The minimum Gasteiger partial charge on any atom is -0.381 e. The zero-order valence-electron chi connectivity index (χ0n) is 10.4. The van der Waals surface area contributed by atoms with E-state index in [2.05, 4.69) is 38.1 Å². The third-order valence-corrected chi connectivity index (χ3v) is 2.60. The topological polar surface area (TPSA) is 35.2 Å². The molecule has 0 aromatic heterocycles. The fourth-order valence-electron chi connectivity index (χ4n) is 1.61. The lowest BCUT2D eigenvalue weighted by Crippen LogP contribution is -2.24. The van der Waals surface area contributed by atoms with Crippen molar-refractivity contribution in [2.24, 2.45) is 5.73 Å². The average Bonchev–Trinajstić information content (AvgIpc) is 2.28. The Morgan fingerprint density at radius 2 is 1.88 bits per heavy atom. The maximum absolute atomic E-state index is 6.05. The van der Waals surface area contributed by atoms with Crippen LogP contribution >= 0.6 is 0 Å². The van der Waals surface area contributed by atoms with Crippen molar-refractivity contribution in [3.05, 3.63) is 35.4 Å². The van der Waals surface area contributed by atoms with Crippen LogP contribution < -0.4 is 5.73 Å². The SMILES string of the molecule is CCCOCCC(N)Cc1ccc(C)cc1. The molecule has 0 aliphatic carbocycles. The van der Waals surface area contributed by atoms with Crippen molar-refractivity contribution < 1.29 is 4.74 Å². The van der Waals surface area contributed by atoms with E-state index in [0.29, 0.717) is 0 Å². The quantitative estimate of drug-likeness (QED) is 0.718. The van der Waals surface area contributed by atoms with Crippen LogP contribution in [-0.4, -0.2) is 19.3 Å². The van der Waals surface area contributed by atoms with Gasteiger partial charge in [0.1, 0.15) is 0 Å². The molecule has 2 heteroatoms. The molecule has 1 rings (SSSR count). The standard InChI is InChI=1S/C14H23NO/c1-3-9-16-10-8-14(15)11-13-6-4-12(2)5-7-13/h4-7,14H,3,8-11,15H2,1-2H3. The number of benzene rings is 1. The second-order valence-corrected chi connectivity index (χ2v) is 4.35. The Kier molecular flexibility index (Phi) is 6.12. The van der Waals surface area contributed by atoms with Crippen molar-refractivity contribution in [2.45, 2.75) is 39.2 Å². The molecule has 2 N–H and O–H groups in total. The first-order chi connectivity index (χ1) is 7.72. The molecule has 0 fully saturated rings. The summed E-state index contributed by atoms with van der Waals surface area (Å²) in [7, 11) is 0. The van der Waals surface area contributed by atoms with Gasteiger partial charge < -0.3 is 10.5 Å². The van der Waals surface area contributed by atoms with Crippen molar-refractivity contribution in [2.75, 3.05) is 13.2 Å². The predicted molar refractivity (Wildman–Crippen MR) is 68.6 cm³/mol. The molecule has 0 aliphatic rings. The lowest BCUT2D eigenvalue weighted by molar-refractivity contribution is 0.127. The first-order valence-corrected chi connectivity index (χ1v) is 6.11. The Hall–Kier alpha value is -0.860. The number of hydrogen-bond acceptors (Lipinski definition) is 2. The molecule has 1 atom stereocenters. The Bertz CT molecular complexity index is 281. The van der Waals surface area contributed by atoms with Gasteiger partial charge in [-0.25, -0.2) is 0 Å². The largest absolute Gasteiger partial charge is 0.381 e. The first-order valence-electron chi connectivity index (χ1n) is 6.11. The van der Waals surface area contributed by atoms with E-state index in [4.69, 9.17) is 10.5 Å². The molecule has 0 aliphatic heterocycles. The van der Waals surface area contributed by atoms with E-state index >= 15 is 0 Å². The van der Waals surface area contributed by atoms with Gasteiger partial charge in [0.15, 0.2) is 0 Å². The van der Waals surface area contributed by atoms with Crippen molar-refractivity contribution in [1.82, 2.24) is 0 Å². The molecule has 1 unspecified atom stereocenters. The summed E-state index contributed by atoms with van der Waals surface area (Å²) in [6, 6.07) is 8.79. The fourth-order valence-corrected chi connectivity index (χ4v) is 1.61. The van der Waals surface area contributed by atoms with E-state index in [-0.39, 0.29) is 6.04 Å². The number of aryl methyl sites for hydroxylation is 1. The van der Waals surface area contributed by atoms with Crippen LogP contribution in [0.2, 0.25) is 0 Å². The molecule has 1 aromatic carbocycles. The van der Waals surface area contributed by atoms with Crippen LogP contribution in [0, 0.1) is 6.92 Å². The molecule has 0 spiro atoms. The molecule has 90 valence electrons. The summed E-state index contributed by atoms with van der Waals surface area (Å²) in [5.74, 6) is 0. The molecule has 0 bridgehead atoms. The summed E-state index contributed by atoms with van der Waals surface area (Å²) < 4.78 is 5.43. The minimum atomic E-state index is 0.208. The molecule has 2 nitrogen and oxygen atoms in total. The minimum absolute atomic E-state index is 0.208. The molecule has 1 aromatic rings. The van der Waals surface area contributed by atoms with E-state index in [0.717, 1.165) is 32.5 Å². The van der Waals surface area contributed by atoms with Crippen LogP contribution in [0.3, 0.4) is 0 Å². The molecule has 0 amide bonds. The first kappa shape index (κ1) is 13.2. The summed E-state index contributed by atoms with van der Waals surface area (Å²) >= 11 is 0. The third kappa shape index (κ3) is 5.29. The Morgan fingerprint density at radius 1 is 1.19 bits per heavy atom. The van der Waals surface area contributed by atoms with E-state index in [1.165, 1.54) is 11.1 Å². The highest BCUT2D eigenvalue weighted by Crippen LogP contribution is 2.06.